The monoisotopic (exact) mass is 468 g/mol. The van der Waals surface area contributed by atoms with Gasteiger partial charge in [0.15, 0.2) is 6.23 Å². The average Bonchev–Trinajstić information content (AvgIpc) is 3.40. The Morgan fingerprint density at radius 3 is 2.58 bits per heavy atom. The van der Waals surface area contributed by atoms with Crippen LogP contribution < -0.4 is 15.0 Å². The van der Waals surface area contributed by atoms with Crippen molar-refractivity contribution in [3.8, 4) is 5.75 Å². The Labute approximate surface area is 191 Å². The van der Waals surface area contributed by atoms with Gasteiger partial charge in [-0.3, -0.25) is 9.59 Å². The molecule has 31 heavy (non-hydrogen) atoms. The molecule has 168 valence electrons. The predicted octanol–water partition coefficient (Wildman–Crippen LogP) is 1.45. The maximum absolute atomic E-state index is 12.6. The Hall–Kier alpha value is -2.00. The lowest BCUT2D eigenvalue weighted by Gasteiger charge is -2.37. The van der Waals surface area contributed by atoms with E-state index in [2.05, 4.69) is 10.2 Å². The number of aliphatic hydroxyl groups excluding tert-OH is 1. The molecule has 8 nitrogen and oxygen atoms in total. The third-order valence-electron chi connectivity index (χ3n) is 6.07. The maximum Gasteiger partial charge on any atom is 0.269 e. The van der Waals surface area contributed by atoms with Crippen LogP contribution in [0.1, 0.15) is 18.4 Å². The van der Waals surface area contributed by atoms with Gasteiger partial charge in [-0.2, -0.15) is 0 Å². The van der Waals surface area contributed by atoms with Crippen molar-refractivity contribution in [3.05, 3.63) is 33.8 Å². The molecular formula is C21H26Cl2N4O4. The number of anilines is 1. The van der Waals surface area contributed by atoms with E-state index >= 15 is 0 Å². The van der Waals surface area contributed by atoms with Crippen LogP contribution in [0.5, 0.6) is 5.75 Å². The smallest absolute Gasteiger partial charge is 0.269 e. The zero-order valence-electron chi connectivity index (χ0n) is 17.3. The van der Waals surface area contributed by atoms with Crippen molar-refractivity contribution in [2.24, 2.45) is 0 Å². The fourth-order valence-corrected chi connectivity index (χ4v) is 4.71. The minimum Gasteiger partial charge on any atom is -0.495 e. The molecule has 0 spiro atoms. The summed E-state index contributed by atoms with van der Waals surface area (Å²) in [6.45, 7) is 3.82. The third kappa shape index (κ3) is 4.35. The molecule has 0 aliphatic carbocycles. The van der Waals surface area contributed by atoms with E-state index in [1.54, 1.807) is 7.11 Å². The van der Waals surface area contributed by atoms with Crippen LogP contribution in [0.4, 0.5) is 5.69 Å². The van der Waals surface area contributed by atoms with Crippen molar-refractivity contribution in [3.63, 3.8) is 0 Å². The van der Waals surface area contributed by atoms with Crippen molar-refractivity contribution in [1.82, 2.24) is 15.1 Å². The van der Waals surface area contributed by atoms with E-state index in [4.69, 9.17) is 27.9 Å². The molecule has 3 aliphatic rings. The lowest BCUT2D eigenvalue weighted by molar-refractivity contribution is -0.133. The molecule has 1 aromatic rings. The molecule has 2 amide bonds. The van der Waals surface area contributed by atoms with Gasteiger partial charge in [-0.15, -0.1) is 0 Å². The highest BCUT2D eigenvalue weighted by molar-refractivity contribution is 6.49. The largest absolute Gasteiger partial charge is 0.495 e. The molecule has 3 aliphatic heterocycles. The van der Waals surface area contributed by atoms with Gasteiger partial charge in [0.25, 0.3) is 5.91 Å². The van der Waals surface area contributed by atoms with Crippen LogP contribution in [0.15, 0.2) is 28.3 Å². The molecule has 2 atom stereocenters. The maximum atomic E-state index is 12.6. The van der Waals surface area contributed by atoms with Crippen LogP contribution in [-0.2, 0) is 16.1 Å². The second-order valence-corrected chi connectivity index (χ2v) is 8.72. The average molecular weight is 469 g/mol. The van der Waals surface area contributed by atoms with Crippen molar-refractivity contribution < 1.29 is 19.4 Å². The fourth-order valence-electron chi connectivity index (χ4n) is 4.31. The zero-order chi connectivity index (χ0) is 22.1. The van der Waals surface area contributed by atoms with Crippen LogP contribution in [0, 0.1) is 0 Å². The Balaban J connectivity index is 1.41. The summed E-state index contributed by atoms with van der Waals surface area (Å²) in [5.74, 6) is 0.361. The van der Waals surface area contributed by atoms with E-state index in [-0.39, 0.29) is 28.6 Å². The Morgan fingerprint density at radius 2 is 2.00 bits per heavy atom. The molecular weight excluding hydrogens is 443 g/mol. The first-order valence-corrected chi connectivity index (χ1v) is 11.1. The molecule has 4 rings (SSSR count). The summed E-state index contributed by atoms with van der Waals surface area (Å²) in [6.07, 6.45) is 0.718. The highest BCUT2D eigenvalue weighted by Gasteiger charge is 2.36. The Morgan fingerprint density at radius 1 is 1.26 bits per heavy atom. The van der Waals surface area contributed by atoms with E-state index in [0.717, 1.165) is 30.6 Å². The molecule has 2 fully saturated rings. The number of methoxy groups -OCH3 is 1. The number of benzene rings is 1. The van der Waals surface area contributed by atoms with Gasteiger partial charge in [0.2, 0.25) is 5.91 Å². The number of aliphatic hydroxyl groups is 1. The summed E-state index contributed by atoms with van der Waals surface area (Å²) in [5.41, 5.74) is 1.71. The predicted molar refractivity (Wildman–Crippen MR) is 118 cm³/mol. The van der Waals surface area contributed by atoms with Crippen molar-refractivity contribution in [2.45, 2.75) is 31.7 Å². The van der Waals surface area contributed by atoms with E-state index in [1.165, 1.54) is 4.90 Å². The number of rotatable bonds is 5. The number of carbonyl (C=O) groups is 2. The van der Waals surface area contributed by atoms with E-state index in [9.17, 15) is 14.7 Å². The molecule has 0 aromatic heterocycles. The van der Waals surface area contributed by atoms with Gasteiger partial charge in [-0.1, -0.05) is 29.3 Å². The normalized spacial score (nSPS) is 24.4. The molecule has 2 saturated heterocycles. The molecule has 0 saturated carbocycles. The number of ether oxygens (including phenoxy) is 1. The number of carbonyl (C=O) groups excluding carboxylic acids is 2. The molecule has 3 heterocycles. The van der Waals surface area contributed by atoms with Crippen LogP contribution in [0.3, 0.4) is 0 Å². The summed E-state index contributed by atoms with van der Waals surface area (Å²) in [6, 6.07) is 5.63. The highest BCUT2D eigenvalue weighted by Crippen LogP contribution is 2.34. The number of piperazine rings is 1. The van der Waals surface area contributed by atoms with Gasteiger partial charge in [0, 0.05) is 32.7 Å². The highest BCUT2D eigenvalue weighted by atomic mass is 35.5. The van der Waals surface area contributed by atoms with Gasteiger partial charge in [0.1, 0.15) is 10.8 Å². The first-order valence-electron chi connectivity index (χ1n) is 10.4. The lowest BCUT2D eigenvalue weighted by atomic mass is 10.1. The van der Waals surface area contributed by atoms with Crippen LogP contribution >= 0.6 is 23.2 Å². The Bertz CT molecular complexity index is 895. The second kappa shape index (κ2) is 9.24. The number of amides is 2. The summed E-state index contributed by atoms with van der Waals surface area (Å²) in [5, 5.41) is 13.2. The summed E-state index contributed by atoms with van der Waals surface area (Å²) >= 11 is 11.8. The van der Waals surface area contributed by atoms with Gasteiger partial charge in [0.05, 0.1) is 23.9 Å². The van der Waals surface area contributed by atoms with E-state index in [1.807, 2.05) is 23.1 Å². The molecule has 10 heteroatoms. The standard InChI is InChI=1S/C21H26Cl2N4O4/c1-31-16-11-13(12-27-20(29)17(22)18(23)21(27)30)4-5-15(16)25-7-9-26(10-8-25)19(28)14-3-2-6-24-14/h4-5,11,14,20,24,29H,2-3,6-10,12H2,1H3/t14-,20?/m0/s1. The topological polar surface area (TPSA) is 85.3 Å². The Kier molecular flexibility index (Phi) is 6.62. The van der Waals surface area contributed by atoms with E-state index in [0.29, 0.717) is 31.9 Å². The number of nitrogens with one attached hydrogen (secondary N) is 1. The molecule has 0 bridgehead atoms. The van der Waals surface area contributed by atoms with Crippen LogP contribution in [0.2, 0.25) is 0 Å². The molecule has 0 radical (unpaired) electrons. The van der Waals surface area contributed by atoms with Crippen molar-refractivity contribution in [1.29, 1.82) is 0 Å². The van der Waals surface area contributed by atoms with Crippen molar-refractivity contribution in [2.75, 3.05) is 44.7 Å². The third-order valence-corrected chi connectivity index (χ3v) is 6.91. The molecule has 1 aromatic carbocycles. The van der Waals surface area contributed by atoms with Gasteiger partial charge in [-0.05, 0) is 37.1 Å². The van der Waals surface area contributed by atoms with Gasteiger partial charge >= 0.3 is 0 Å². The minimum atomic E-state index is -1.24. The lowest BCUT2D eigenvalue weighted by Crippen LogP contribution is -2.53. The number of nitrogens with zero attached hydrogens (tertiary/aromatic N) is 3. The quantitative estimate of drug-likeness (QED) is 0.679. The molecule has 2 N–H and O–H groups in total. The SMILES string of the molecule is COc1cc(CN2C(=O)C(Cl)=C(Cl)C2O)ccc1N1CCN(C(=O)[C@@H]2CCCN2)CC1. The zero-order valence-corrected chi connectivity index (χ0v) is 18.8. The first-order chi connectivity index (χ1) is 14.9. The summed E-state index contributed by atoms with van der Waals surface area (Å²) in [4.78, 5) is 30.2. The summed E-state index contributed by atoms with van der Waals surface area (Å²) < 4.78 is 5.59. The number of hydrogen-bond donors (Lipinski definition) is 2. The van der Waals surface area contributed by atoms with Crippen LogP contribution in [-0.4, -0.2) is 78.8 Å². The van der Waals surface area contributed by atoms with Crippen molar-refractivity contribution >= 4 is 40.7 Å². The fraction of sp³-hybridized carbons (Fsp3) is 0.524. The summed E-state index contributed by atoms with van der Waals surface area (Å²) in [7, 11) is 1.60. The first kappa shape index (κ1) is 22.2. The van der Waals surface area contributed by atoms with E-state index < -0.39 is 12.1 Å². The van der Waals surface area contributed by atoms with Gasteiger partial charge in [-0.25, -0.2) is 0 Å². The molecule has 1 unspecified atom stereocenters. The van der Waals surface area contributed by atoms with Gasteiger partial charge < -0.3 is 29.9 Å². The second-order valence-electron chi connectivity index (χ2n) is 7.94. The van der Waals surface area contributed by atoms with Crippen LogP contribution in [0.25, 0.3) is 0 Å². The number of hydrogen-bond acceptors (Lipinski definition) is 6. The minimum absolute atomic E-state index is 0.0412. The number of halogens is 2.